The van der Waals surface area contributed by atoms with Crippen molar-refractivity contribution >= 4 is 12.0 Å². The zero-order valence-corrected chi connectivity index (χ0v) is 12.2. The van der Waals surface area contributed by atoms with Crippen molar-refractivity contribution in [2.24, 2.45) is 0 Å². The number of aliphatic hydroxyl groups is 1. The highest BCUT2D eigenvalue weighted by molar-refractivity contribution is 5.83. The van der Waals surface area contributed by atoms with E-state index in [0.717, 1.165) is 25.7 Å². The molecule has 120 valence electrons. The third-order valence-corrected chi connectivity index (χ3v) is 4.19. The predicted octanol–water partition coefficient (Wildman–Crippen LogP) is 0.519. The first-order valence-electron chi connectivity index (χ1n) is 7.64. The largest absolute Gasteiger partial charge is 0.480 e. The van der Waals surface area contributed by atoms with Crippen LogP contribution in [0.15, 0.2) is 0 Å². The van der Waals surface area contributed by atoms with Gasteiger partial charge in [0.2, 0.25) is 0 Å². The number of hydrogen-bond acceptors (Lipinski definition) is 4. The average Bonchev–Trinajstić information content (AvgIpc) is 2.52. The van der Waals surface area contributed by atoms with Gasteiger partial charge in [-0.25, -0.2) is 9.59 Å². The molecule has 2 aliphatic rings. The number of rotatable bonds is 4. The normalized spacial score (nSPS) is 24.1. The maximum absolute atomic E-state index is 12.5. The zero-order chi connectivity index (χ0) is 15.2. The summed E-state index contributed by atoms with van der Waals surface area (Å²) in [7, 11) is 0. The molecule has 0 aliphatic carbocycles. The summed E-state index contributed by atoms with van der Waals surface area (Å²) in [4.78, 5) is 27.0. The van der Waals surface area contributed by atoms with Gasteiger partial charge in [-0.3, -0.25) is 0 Å². The number of likely N-dealkylation sites (tertiary alicyclic amines) is 2. The van der Waals surface area contributed by atoms with Crippen molar-refractivity contribution in [2.75, 3.05) is 32.8 Å². The first-order valence-corrected chi connectivity index (χ1v) is 7.64. The number of nitrogens with zero attached hydrogens (tertiary/aromatic N) is 2. The molecule has 2 amide bonds. The number of hydrogen-bond donors (Lipinski definition) is 2. The Bertz CT molecular complexity index is 368. The summed E-state index contributed by atoms with van der Waals surface area (Å²) in [6, 6.07) is -0.850. The third kappa shape index (κ3) is 4.07. The lowest BCUT2D eigenvalue weighted by molar-refractivity contribution is -0.143. The molecule has 21 heavy (non-hydrogen) atoms. The predicted molar refractivity (Wildman–Crippen MR) is 75.0 cm³/mol. The molecule has 1 atom stereocenters. The third-order valence-electron chi connectivity index (χ3n) is 4.19. The van der Waals surface area contributed by atoms with Crippen molar-refractivity contribution in [1.29, 1.82) is 0 Å². The zero-order valence-electron chi connectivity index (χ0n) is 12.2. The summed E-state index contributed by atoms with van der Waals surface area (Å²) < 4.78 is 5.47. The van der Waals surface area contributed by atoms with Crippen LogP contribution in [0, 0.1) is 0 Å². The molecule has 0 bridgehead atoms. The maximum atomic E-state index is 12.5. The van der Waals surface area contributed by atoms with E-state index in [1.54, 1.807) is 4.90 Å². The van der Waals surface area contributed by atoms with E-state index in [-0.39, 0.29) is 18.7 Å². The van der Waals surface area contributed by atoms with Crippen LogP contribution in [0.2, 0.25) is 0 Å². The number of carboxylic acid groups (broad SMARTS) is 1. The average molecular weight is 300 g/mol. The van der Waals surface area contributed by atoms with Crippen LogP contribution in [0.25, 0.3) is 0 Å². The fourth-order valence-electron chi connectivity index (χ4n) is 3.03. The Balaban J connectivity index is 1.87. The Morgan fingerprint density at radius 2 is 1.81 bits per heavy atom. The van der Waals surface area contributed by atoms with E-state index in [2.05, 4.69) is 0 Å². The molecule has 0 saturated carbocycles. The minimum atomic E-state index is -0.913. The Hall–Kier alpha value is -1.34. The van der Waals surface area contributed by atoms with Gasteiger partial charge in [0, 0.05) is 19.6 Å². The smallest absolute Gasteiger partial charge is 0.326 e. The molecule has 2 aliphatic heterocycles. The first kappa shape index (κ1) is 16.0. The summed E-state index contributed by atoms with van der Waals surface area (Å²) in [5.41, 5.74) is 0. The van der Waals surface area contributed by atoms with Crippen molar-refractivity contribution in [1.82, 2.24) is 9.80 Å². The van der Waals surface area contributed by atoms with Crippen LogP contribution in [-0.2, 0) is 9.53 Å². The van der Waals surface area contributed by atoms with Crippen LogP contribution >= 0.6 is 0 Å². The van der Waals surface area contributed by atoms with Gasteiger partial charge in [0.05, 0.1) is 19.3 Å². The fraction of sp³-hybridized carbons (Fsp3) is 0.857. The van der Waals surface area contributed by atoms with Crippen LogP contribution in [0.3, 0.4) is 0 Å². The summed E-state index contributed by atoms with van der Waals surface area (Å²) in [5, 5.41) is 18.0. The van der Waals surface area contributed by atoms with Crippen LogP contribution in [0.1, 0.15) is 32.1 Å². The Morgan fingerprint density at radius 1 is 1.10 bits per heavy atom. The lowest BCUT2D eigenvalue weighted by Gasteiger charge is -2.39. The molecule has 7 nitrogen and oxygen atoms in total. The van der Waals surface area contributed by atoms with Gasteiger partial charge >= 0.3 is 12.0 Å². The number of carbonyl (C=O) groups is 2. The van der Waals surface area contributed by atoms with Crippen molar-refractivity contribution < 1.29 is 24.5 Å². The molecule has 2 saturated heterocycles. The number of piperidine rings is 2. The van der Waals surface area contributed by atoms with Gasteiger partial charge in [-0.15, -0.1) is 0 Å². The number of ether oxygens (including phenoxy) is 1. The Labute approximate surface area is 124 Å². The van der Waals surface area contributed by atoms with Gasteiger partial charge in [-0.05, 0) is 32.1 Å². The van der Waals surface area contributed by atoms with E-state index in [0.29, 0.717) is 32.7 Å². The van der Waals surface area contributed by atoms with Gasteiger partial charge in [0.1, 0.15) is 6.04 Å². The molecule has 2 fully saturated rings. The SMILES string of the molecule is O=C(O)C1CCCCN1C(=O)N1CCC(OCCO)CC1. The molecule has 0 radical (unpaired) electrons. The number of carboxylic acids is 1. The van der Waals surface area contributed by atoms with Gasteiger partial charge < -0.3 is 24.7 Å². The molecule has 2 heterocycles. The van der Waals surface area contributed by atoms with Gasteiger partial charge in [0.15, 0.2) is 0 Å². The molecule has 1 unspecified atom stereocenters. The quantitative estimate of drug-likeness (QED) is 0.790. The molecule has 0 spiro atoms. The molecular weight excluding hydrogens is 276 g/mol. The second-order valence-electron chi connectivity index (χ2n) is 5.61. The van der Waals surface area contributed by atoms with Crippen molar-refractivity contribution in [3.63, 3.8) is 0 Å². The van der Waals surface area contributed by atoms with Gasteiger partial charge in [-0.1, -0.05) is 0 Å². The highest BCUT2D eigenvalue weighted by Gasteiger charge is 2.35. The summed E-state index contributed by atoms with van der Waals surface area (Å²) in [5.74, 6) is -0.913. The monoisotopic (exact) mass is 300 g/mol. The minimum absolute atomic E-state index is 0.00716. The summed E-state index contributed by atoms with van der Waals surface area (Å²) in [6.45, 7) is 2.02. The van der Waals surface area contributed by atoms with Crippen LogP contribution < -0.4 is 0 Å². The van der Waals surface area contributed by atoms with Crippen molar-refractivity contribution in [3.05, 3.63) is 0 Å². The van der Waals surface area contributed by atoms with Crippen LogP contribution in [0.5, 0.6) is 0 Å². The number of aliphatic hydroxyl groups excluding tert-OH is 1. The molecular formula is C14H24N2O5. The second-order valence-corrected chi connectivity index (χ2v) is 5.61. The van der Waals surface area contributed by atoms with E-state index < -0.39 is 12.0 Å². The highest BCUT2D eigenvalue weighted by atomic mass is 16.5. The minimum Gasteiger partial charge on any atom is -0.480 e. The number of carbonyl (C=O) groups excluding carboxylic acids is 1. The fourth-order valence-corrected chi connectivity index (χ4v) is 3.03. The summed E-state index contributed by atoms with van der Waals surface area (Å²) >= 11 is 0. The molecule has 0 aromatic rings. The number of aliphatic carboxylic acids is 1. The highest BCUT2D eigenvalue weighted by Crippen LogP contribution is 2.21. The molecule has 0 aromatic heterocycles. The van der Waals surface area contributed by atoms with Gasteiger partial charge in [0.25, 0.3) is 0 Å². The molecule has 7 heteroatoms. The standard InChI is InChI=1S/C14H24N2O5/c17-9-10-21-11-4-7-15(8-5-11)14(20)16-6-2-1-3-12(16)13(18)19/h11-12,17H,1-10H2,(H,18,19). The van der Waals surface area contributed by atoms with Gasteiger partial charge in [-0.2, -0.15) is 0 Å². The maximum Gasteiger partial charge on any atom is 0.326 e. The lowest BCUT2D eigenvalue weighted by Crippen LogP contribution is -2.55. The summed E-state index contributed by atoms with van der Waals surface area (Å²) in [6.07, 6.45) is 3.81. The van der Waals surface area contributed by atoms with Crippen molar-refractivity contribution in [3.8, 4) is 0 Å². The Morgan fingerprint density at radius 3 is 2.43 bits per heavy atom. The topological polar surface area (TPSA) is 90.3 Å². The molecule has 0 aromatic carbocycles. The van der Waals surface area contributed by atoms with Crippen molar-refractivity contribution in [2.45, 2.75) is 44.2 Å². The van der Waals surface area contributed by atoms with Crippen LogP contribution in [0.4, 0.5) is 4.79 Å². The van der Waals surface area contributed by atoms with E-state index >= 15 is 0 Å². The first-order chi connectivity index (χ1) is 10.1. The van der Waals surface area contributed by atoms with E-state index in [1.165, 1.54) is 4.90 Å². The van der Waals surface area contributed by atoms with E-state index in [4.69, 9.17) is 9.84 Å². The Kier molecular flexibility index (Phi) is 5.81. The molecule has 2 N–H and O–H groups in total. The molecule has 2 rings (SSSR count). The lowest BCUT2D eigenvalue weighted by atomic mass is 10.0. The van der Waals surface area contributed by atoms with E-state index in [9.17, 15) is 14.7 Å². The second kappa shape index (κ2) is 7.61. The number of urea groups is 1. The van der Waals surface area contributed by atoms with E-state index in [1.807, 2.05) is 0 Å². The number of amides is 2. The van der Waals surface area contributed by atoms with Crippen LogP contribution in [-0.4, -0.2) is 77.0 Å².